The summed E-state index contributed by atoms with van der Waals surface area (Å²) < 4.78 is 0. The predicted molar refractivity (Wildman–Crippen MR) is 178 cm³/mol. The minimum absolute atomic E-state index is 0.116. The number of hydrogen-bond acceptors (Lipinski definition) is 6. The van der Waals surface area contributed by atoms with E-state index in [1.165, 1.54) is 0 Å². The molecule has 8 rings (SSSR count). The first kappa shape index (κ1) is 27.5. The number of benzene rings is 4. The summed E-state index contributed by atoms with van der Waals surface area (Å²) in [5.74, 6) is 1.84. The van der Waals surface area contributed by atoms with E-state index >= 15 is 0 Å². The molecule has 0 saturated heterocycles. The Morgan fingerprint density at radius 2 is 0.955 bits per heavy atom. The fourth-order valence-electron chi connectivity index (χ4n) is 7.32. The highest BCUT2D eigenvalue weighted by atomic mass is 16.1. The molecule has 0 amide bonds. The highest BCUT2D eigenvalue weighted by Crippen LogP contribution is 2.51. The van der Waals surface area contributed by atoms with Crippen LogP contribution in [0, 0.1) is 0 Å². The lowest BCUT2D eigenvalue weighted by Gasteiger charge is -2.40. The summed E-state index contributed by atoms with van der Waals surface area (Å²) in [5, 5.41) is 0. The molecule has 216 valence electrons. The molecule has 4 aromatic carbocycles. The van der Waals surface area contributed by atoms with E-state index in [1.807, 2.05) is 133 Å². The second-order valence-electron chi connectivity index (χ2n) is 11.5. The van der Waals surface area contributed by atoms with Crippen molar-refractivity contribution in [3.63, 3.8) is 0 Å². The molecule has 0 N–H and O–H groups in total. The van der Waals surface area contributed by atoms with Crippen LogP contribution >= 0.6 is 0 Å². The quantitative estimate of drug-likeness (QED) is 0.233. The topological polar surface area (TPSA) is 65.3 Å². The Labute approximate surface area is 257 Å². The van der Waals surface area contributed by atoms with Crippen LogP contribution in [0.3, 0.4) is 0 Å². The number of para-hydroxylation sites is 4. The van der Waals surface area contributed by atoms with Gasteiger partial charge in [-0.25, -0.2) is 9.98 Å². The lowest BCUT2D eigenvalue weighted by Crippen LogP contribution is -2.52. The van der Waals surface area contributed by atoms with Gasteiger partial charge in [0.15, 0.2) is 11.6 Å². The van der Waals surface area contributed by atoms with Gasteiger partial charge in [0.1, 0.15) is 22.5 Å². The van der Waals surface area contributed by atoms with Crippen LogP contribution in [-0.2, 0) is 10.8 Å². The monoisotopic (exact) mass is 576 g/mol. The molecule has 0 aliphatic carbocycles. The maximum absolute atomic E-state index is 13.4. The summed E-state index contributed by atoms with van der Waals surface area (Å²) in [7, 11) is 3.96. The van der Waals surface area contributed by atoms with Crippen LogP contribution in [0.5, 0.6) is 0 Å². The summed E-state index contributed by atoms with van der Waals surface area (Å²) in [5.41, 5.74) is 5.60. The zero-order valence-corrected chi connectivity index (χ0v) is 24.8. The van der Waals surface area contributed by atoms with Gasteiger partial charge in [-0.15, -0.1) is 13.2 Å². The molecule has 0 spiro atoms. The minimum Gasteiger partial charge on any atom is -0.331 e. The number of anilines is 2. The number of hydrogen-bond donors (Lipinski definition) is 0. The number of carbonyl (C=O) groups is 2. The molecule has 6 nitrogen and oxygen atoms in total. The molecule has 6 heteroatoms. The Morgan fingerprint density at radius 1 is 0.591 bits per heavy atom. The van der Waals surface area contributed by atoms with Crippen LogP contribution in [0.1, 0.15) is 44.7 Å². The Kier molecular flexibility index (Phi) is 6.32. The third-order valence-electron chi connectivity index (χ3n) is 9.28. The minimum atomic E-state index is -0.735. The predicted octanol–water partition coefficient (Wildman–Crippen LogP) is 7.75. The summed E-state index contributed by atoms with van der Waals surface area (Å²) in [6.45, 7) is 7.75. The standard InChI is InChI=1S/2C19H16N2O/c2*1-3-12-19-14-9-5-6-10-15(14)20-18(19)21(2)16-11-7-4-8-13(16)17(19)22/h2*3-11H,1,12H2,2H3/t2*19-/m11/s1. The largest absolute Gasteiger partial charge is 0.331 e. The maximum atomic E-state index is 13.4. The van der Waals surface area contributed by atoms with Gasteiger partial charge in [-0.1, -0.05) is 72.8 Å². The molecule has 4 heterocycles. The lowest BCUT2D eigenvalue weighted by molar-refractivity contribution is 0.0920. The van der Waals surface area contributed by atoms with Gasteiger partial charge >= 0.3 is 0 Å². The molecule has 0 aromatic heterocycles. The lowest BCUT2D eigenvalue weighted by atomic mass is 9.69. The number of aliphatic imine (C=N–C) groups is 2. The normalized spacial score (nSPS) is 21.8. The zero-order valence-electron chi connectivity index (χ0n) is 24.8. The second kappa shape index (κ2) is 10.1. The van der Waals surface area contributed by atoms with Gasteiger partial charge in [-0.2, -0.15) is 0 Å². The molecule has 4 aliphatic rings. The number of allylic oxidation sites excluding steroid dienone is 2. The molecule has 4 aromatic rings. The Balaban J connectivity index is 0.000000142. The van der Waals surface area contributed by atoms with Crippen molar-refractivity contribution in [2.45, 2.75) is 23.7 Å². The fourth-order valence-corrected chi connectivity index (χ4v) is 7.32. The van der Waals surface area contributed by atoms with Gasteiger partial charge in [0, 0.05) is 25.2 Å². The third kappa shape index (κ3) is 3.54. The number of rotatable bonds is 4. The number of nitrogens with zero attached hydrogens (tertiary/aromatic N) is 4. The molecule has 2 atom stereocenters. The van der Waals surface area contributed by atoms with Gasteiger partial charge in [0.25, 0.3) is 0 Å². The number of carbonyl (C=O) groups excluding carboxylic acids is 2. The average Bonchev–Trinajstić information content (AvgIpc) is 3.58. The molecule has 0 unspecified atom stereocenters. The van der Waals surface area contributed by atoms with Gasteiger partial charge < -0.3 is 9.80 Å². The van der Waals surface area contributed by atoms with Gasteiger partial charge in [0.2, 0.25) is 0 Å². The third-order valence-corrected chi connectivity index (χ3v) is 9.28. The van der Waals surface area contributed by atoms with Gasteiger partial charge in [0.05, 0.1) is 22.7 Å². The van der Waals surface area contributed by atoms with E-state index in [4.69, 9.17) is 9.98 Å². The summed E-state index contributed by atoms with van der Waals surface area (Å²) in [4.78, 5) is 40.3. The molecule has 4 aliphatic heterocycles. The van der Waals surface area contributed by atoms with Crippen LogP contribution < -0.4 is 9.80 Å². The van der Waals surface area contributed by atoms with E-state index in [1.54, 1.807) is 0 Å². The SMILES string of the molecule is C=CC[C@@]12C(=O)c3ccccc3N(C)C1=Nc1ccccc12.C=CC[C@@]12C(=O)c3ccccc3N(C)C1=Nc1ccccc12. The Morgan fingerprint density at radius 3 is 1.36 bits per heavy atom. The number of ketones is 2. The molecular weight excluding hydrogens is 544 g/mol. The first-order chi connectivity index (χ1) is 21.4. The fraction of sp³-hybridized carbons (Fsp3) is 0.158. The van der Waals surface area contributed by atoms with E-state index < -0.39 is 10.8 Å². The van der Waals surface area contributed by atoms with Crippen molar-refractivity contribution < 1.29 is 9.59 Å². The molecule has 0 radical (unpaired) electrons. The summed E-state index contributed by atoms with van der Waals surface area (Å²) in [6.07, 6.45) is 4.75. The number of amidine groups is 2. The van der Waals surface area contributed by atoms with Crippen molar-refractivity contribution >= 4 is 46.0 Å². The summed E-state index contributed by atoms with van der Waals surface area (Å²) >= 11 is 0. The first-order valence-electron chi connectivity index (χ1n) is 14.7. The van der Waals surface area contributed by atoms with E-state index in [0.29, 0.717) is 12.8 Å². The van der Waals surface area contributed by atoms with Gasteiger partial charge in [-0.3, -0.25) is 9.59 Å². The Bertz CT molecular complexity index is 1810. The van der Waals surface area contributed by atoms with Crippen LogP contribution in [-0.4, -0.2) is 37.3 Å². The van der Waals surface area contributed by atoms with E-state index in [-0.39, 0.29) is 11.6 Å². The van der Waals surface area contributed by atoms with Crippen molar-refractivity contribution in [1.29, 1.82) is 0 Å². The second-order valence-corrected chi connectivity index (χ2v) is 11.5. The van der Waals surface area contributed by atoms with Crippen molar-refractivity contribution in [3.8, 4) is 0 Å². The highest BCUT2D eigenvalue weighted by molar-refractivity contribution is 6.33. The van der Waals surface area contributed by atoms with Crippen LogP contribution in [0.2, 0.25) is 0 Å². The van der Waals surface area contributed by atoms with Gasteiger partial charge in [-0.05, 0) is 60.4 Å². The maximum Gasteiger partial charge on any atom is 0.183 e. The van der Waals surface area contributed by atoms with Crippen molar-refractivity contribution in [2.75, 3.05) is 23.9 Å². The molecule has 44 heavy (non-hydrogen) atoms. The molecule has 0 saturated carbocycles. The van der Waals surface area contributed by atoms with Crippen molar-refractivity contribution in [3.05, 3.63) is 145 Å². The average molecular weight is 577 g/mol. The van der Waals surface area contributed by atoms with Crippen molar-refractivity contribution in [1.82, 2.24) is 0 Å². The van der Waals surface area contributed by atoms with Crippen LogP contribution in [0.25, 0.3) is 0 Å². The number of Topliss-reactive ketones (excluding diaryl/α,β-unsaturated/α-hetero) is 2. The first-order valence-corrected chi connectivity index (χ1v) is 14.7. The van der Waals surface area contributed by atoms with Crippen LogP contribution in [0.4, 0.5) is 22.7 Å². The molecule has 0 fully saturated rings. The van der Waals surface area contributed by atoms with E-state index in [2.05, 4.69) is 13.2 Å². The number of fused-ring (bicyclic) bond motifs is 8. The molecular formula is C38H32N4O2. The summed E-state index contributed by atoms with van der Waals surface area (Å²) in [6, 6.07) is 31.3. The highest BCUT2D eigenvalue weighted by Gasteiger charge is 2.55. The molecule has 0 bridgehead atoms. The van der Waals surface area contributed by atoms with E-state index in [0.717, 1.165) is 56.7 Å². The van der Waals surface area contributed by atoms with E-state index in [9.17, 15) is 9.59 Å². The van der Waals surface area contributed by atoms with Crippen LogP contribution in [0.15, 0.2) is 132 Å². The Hall–Kier alpha value is -5.36. The zero-order chi connectivity index (χ0) is 30.6. The number of likely N-dealkylation sites (N-methyl/N-ethyl adjacent to an activating group) is 2. The smallest absolute Gasteiger partial charge is 0.183 e. The van der Waals surface area contributed by atoms with Crippen molar-refractivity contribution in [2.24, 2.45) is 9.98 Å².